The van der Waals surface area contributed by atoms with E-state index in [1.165, 1.54) is 24.3 Å². The number of carbonyl (C=O) groups is 5. The summed E-state index contributed by atoms with van der Waals surface area (Å²) in [6.07, 6.45) is -6.56. The van der Waals surface area contributed by atoms with E-state index in [9.17, 15) is 24.0 Å². The number of amides is 2. The van der Waals surface area contributed by atoms with Gasteiger partial charge in [0.2, 0.25) is 5.91 Å². The van der Waals surface area contributed by atoms with Crippen LogP contribution in [0.25, 0.3) is 0 Å². The molecule has 15 heteroatoms. The molecule has 2 amide bonds. The molecule has 2 N–H and O–H groups in total. The number of hydrogen-bond acceptors (Lipinski definition) is 10. The Morgan fingerprint density at radius 3 is 2.02 bits per heavy atom. The molecule has 1 saturated heterocycles. The van der Waals surface area contributed by atoms with E-state index in [1.807, 2.05) is 24.3 Å². The van der Waals surface area contributed by atoms with Crippen LogP contribution in [-0.2, 0) is 44.5 Å². The van der Waals surface area contributed by atoms with Crippen molar-refractivity contribution in [3.8, 4) is 0 Å². The minimum atomic E-state index is -2.14. The second kappa shape index (κ2) is 19.2. The molecular weight excluding hydrogens is 672 g/mol. The fourth-order valence-corrected chi connectivity index (χ4v) is 5.46. The summed E-state index contributed by atoms with van der Waals surface area (Å²) in [5, 5.41) is 5.19. The number of esters is 3. The number of carbonyl (C=O) groups excluding carboxylic acids is 5. The Morgan fingerprint density at radius 1 is 0.854 bits per heavy atom. The summed E-state index contributed by atoms with van der Waals surface area (Å²) in [4.78, 5) is 62.5. The number of rotatable bonds is 16. The van der Waals surface area contributed by atoms with E-state index >= 15 is 4.39 Å². The van der Waals surface area contributed by atoms with Crippen molar-refractivity contribution in [3.05, 3.63) is 59.7 Å². The Bertz CT molecular complexity index is 1390. The number of alkyl halides is 3. The lowest BCUT2D eigenvalue weighted by atomic mass is 9.98. The van der Waals surface area contributed by atoms with Crippen molar-refractivity contribution in [3.63, 3.8) is 0 Å². The zero-order valence-corrected chi connectivity index (χ0v) is 28.4. The molecule has 1 aliphatic rings. The fourth-order valence-electron chi connectivity index (χ4n) is 5.05. The van der Waals surface area contributed by atoms with Gasteiger partial charge in [0.15, 0.2) is 24.6 Å². The van der Waals surface area contributed by atoms with E-state index in [0.29, 0.717) is 43.4 Å². The molecule has 0 saturated carbocycles. The number of nitrogens with zero attached hydrogens (tertiary/aromatic N) is 1. The second-order valence-corrected chi connectivity index (χ2v) is 11.7. The highest BCUT2D eigenvalue weighted by Gasteiger charge is 2.51. The average Bonchev–Trinajstić information content (AvgIpc) is 3.03. The lowest BCUT2D eigenvalue weighted by Gasteiger charge is -2.42. The largest absolute Gasteiger partial charge is 0.463 e. The number of benzene rings is 2. The van der Waals surface area contributed by atoms with Crippen molar-refractivity contribution in [2.45, 2.75) is 70.7 Å². The van der Waals surface area contributed by atoms with Gasteiger partial charge in [0.1, 0.15) is 12.7 Å². The summed E-state index contributed by atoms with van der Waals surface area (Å²) in [5.74, 6) is -2.30. The first-order valence-electron chi connectivity index (χ1n) is 15.4. The Labute approximate surface area is 288 Å². The quantitative estimate of drug-likeness (QED) is 0.148. The molecular formula is C33H40Cl2FN3O9. The summed E-state index contributed by atoms with van der Waals surface area (Å²) in [5.41, 5.74) is 2.70. The van der Waals surface area contributed by atoms with Gasteiger partial charge in [-0.25, -0.2) is 4.39 Å². The maximum atomic E-state index is 15.6. The lowest BCUT2D eigenvalue weighted by Crippen LogP contribution is -2.63. The van der Waals surface area contributed by atoms with E-state index in [0.717, 1.165) is 32.0 Å². The topological polar surface area (TPSA) is 150 Å². The van der Waals surface area contributed by atoms with Gasteiger partial charge < -0.3 is 34.5 Å². The van der Waals surface area contributed by atoms with Crippen molar-refractivity contribution in [1.29, 1.82) is 0 Å². The standard InChI is InChI=1S/C33H40Cl2FN3O9/c1-20(40)45-19-27-30(46-21(2)41)31(47-22(3)42)29(36)33(48-27)38-32(44)24-9-11-25(12-10-24)37-28(43)6-4-5-23-7-13-26(14-8-23)39(17-15-34)18-16-35/h7-14,27,29-31,33H,4-6,15-19H2,1-3H3,(H,37,43)(H,38,44)/t27-,29-,30-,31-,33-/m1/s1. The molecule has 1 heterocycles. The molecule has 0 radical (unpaired) electrons. The average molecular weight is 713 g/mol. The first-order valence-corrected chi connectivity index (χ1v) is 16.4. The van der Waals surface area contributed by atoms with Crippen LogP contribution in [0.5, 0.6) is 0 Å². The molecule has 1 aliphatic heterocycles. The molecule has 12 nitrogen and oxygen atoms in total. The van der Waals surface area contributed by atoms with E-state index in [1.54, 1.807) is 0 Å². The number of aryl methyl sites for hydroxylation is 1. The van der Waals surface area contributed by atoms with Gasteiger partial charge in [-0.2, -0.15) is 0 Å². The summed E-state index contributed by atoms with van der Waals surface area (Å²) in [6.45, 7) is 4.19. The molecule has 2 aromatic carbocycles. The Kier molecular flexibility index (Phi) is 15.4. The minimum Gasteiger partial charge on any atom is -0.463 e. The Balaban J connectivity index is 1.56. The van der Waals surface area contributed by atoms with Gasteiger partial charge in [0.25, 0.3) is 5.91 Å². The predicted octanol–water partition coefficient (Wildman–Crippen LogP) is 4.15. The maximum Gasteiger partial charge on any atom is 0.303 e. The first kappa shape index (κ1) is 38.5. The van der Waals surface area contributed by atoms with Gasteiger partial charge in [-0.15, -0.1) is 23.2 Å². The number of nitrogens with one attached hydrogen (secondary N) is 2. The van der Waals surface area contributed by atoms with Gasteiger partial charge in [-0.05, 0) is 54.8 Å². The Morgan fingerprint density at radius 2 is 1.46 bits per heavy atom. The molecule has 0 aromatic heterocycles. The zero-order valence-electron chi connectivity index (χ0n) is 26.9. The number of halogens is 3. The van der Waals surface area contributed by atoms with Crippen LogP contribution in [0.15, 0.2) is 48.5 Å². The highest BCUT2D eigenvalue weighted by atomic mass is 35.5. The third-order valence-electron chi connectivity index (χ3n) is 7.25. The number of hydrogen-bond donors (Lipinski definition) is 2. The molecule has 0 bridgehead atoms. The second-order valence-electron chi connectivity index (χ2n) is 11.0. The van der Waals surface area contributed by atoms with Crippen LogP contribution in [0, 0.1) is 0 Å². The summed E-state index contributed by atoms with van der Waals surface area (Å²) in [6, 6.07) is 14.0. The fraction of sp³-hybridized carbons (Fsp3) is 0.485. The SMILES string of the molecule is CC(=O)OC[C@H]1O[C@@H](NC(=O)c2ccc(NC(=O)CCCc3ccc(N(CCCl)CCCl)cc3)cc2)[C@H](F)[C@@H](OC(C)=O)[C@@H]1OC(C)=O. The van der Waals surface area contributed by atoms with Gasteiger partial charge >= 0.3 is 17.9 Å². The molecule has 1 fully saturated rings. The first-order chi connectivity index (χ1) is 22.9. The normalized spacial score (nSPS) is 20.2. The summed E-state index contributed by atoms with van der Waals surface area (Å²) < 4.78 is 36.4. The molecule has 0 unspecified atom stereocenters. The zero-order chi connectivity index (χ0) is 35.2. The van der Waals surface area contributed by atoms with Crippen molar-refractivity contribution in [2.75, 3.05) is 41.7 Å². The van der Waals surface area contributed by atoms with Gasteiger partial charge in [-0.1, -0.05) is 12.1 Å². The van der Waals surface area contributed by atoms with Gasteiger partial charge in [-0.3, -0.25) is 24.0 Å². The molecule has 262 valence electrons. The van der Waals surface area contributed by atoms with Crippen LogP contribution in [-0.4, -0.2) is 91.9 Å². The monoisotopic (exact) mass is 711 g/mol. The van der Waals surface area contributed by atoms with Crippen LogP contribution >= 0.6 is 23.2 Å². The van der Waals surface area contributed by atoms with Gasteiger partial charge in [0, 0.05) is 69.0 Å². The molecule has 0 aliphatic carbocycles. The molecule has 3 rings (SSSR count). The highest BCUT2D eigenvalue weighted by molar-refractivity contribution is 6.18. The predicted molar refractivity (Wildman–Crippen MR) is 177 cm³/mol. The van der Waals surface area contributed by atoms with E-state index in [2.05, 4.69) is 15.5 Å². The highest BCUT2D eigenvalue weighted by Crippen LogP contribution is 2.28. The summed E-state index contributed by atoms with van der Waals surface area (Å²) in [7, 11) is 0. The molecule has 5 atom stereocenters. The minimum absolute atomic E-state index is 0.116. The Hall–Kier alpha value is -3.94. The third-order valence-corrected chi connectivity index (χ3v) is 7.59. The molecule has 2 aromatic rings. The smallest absolute Gasteiger partial charge is 0.303 e. The number of ether oxygens (including phenoxy) is 4. The van der Waals surface area contributed by atoms with Gasteiger partial charge in [0.05, 0.1) is 0 Å². The van der Waals surface area contributed by atoms with Crippen molar-refractivity contribution < 1.29 is 47.3 Å². The van der Waals surface area contributed by atoms with Crippen molar-refractivity contribution in [1.82, 2.24) is 5.32 Å². The van der Waals surface area contributed by atoms with Crippen molar-refractivity contribution >= 4 is 64.3 Å². The van der Waals surface area contributed by atoms with E-state index < -0.39 is 61.1 Å². The maximum absolute atomic E-state index is 15.6. The van der Waals surface area contributed by atoms with Crippen molar-refractivity contribution in [2.24, 2.45) is 0 Å². The van der Waals surface area contributed by atoms with E-state index in [4.69, 9.17) is 42.1 Å². The summed E-state index contributed by atoms with van der Waals surface area (Å²) >= 11 is 11.8. The van der Waals surface area contributed by atoms with Crippen LogP contribution < -0.4 is 15.5 Å². The van der Waals surface area contributed by atoms with E-state index in [-0.39, 0.29) is 17.9 Å². The third kappa shape index (κ3) is 11.9. The van der Waals surface area contributed by atoms with Crippen LogP contribution in [0.4, 0.5) is 15.8 Å². The molecule has 0 spiro atoms. The van der Waals surface area contributed by atoms with Crippen LogP contribution in [0.3, 0.4) is 0 Å². The van der Waals surface area contributed by atoms with Crippen LogP contribution in [0.1, 0.15) is 49.5 Å². The molecule has 48 heavy (non-hydrogen) atoms. The van der Waals surface area contributed by atoms with Crippen LogP contribution in [0.2, 0.25) is 0 Å². The lowest BCUT2D eigenvalue weighted by molar-refractivity contribution is -0.238. The number of anilines is 2.